The number of benzene rings is 1. The molecule has 1 N–H and O–H groups in total. The highest BCUT2D eigenvalue weighted by molar-refractivity contribution is 5.90. The Morgan fingerprint density at radius 3 is 2.37 bits per heavy atom. The summed E-state index contributed by atoms with van der Waals surface area (Å²) in [7, 11) is 0. The molecule has 0 amide bonds. The number of pyridine rings is 1. The van der Waals surface area contributed by atoms with Gasteiger partial charge in [-0.15, -0.1) is 0 Å². The first kappa shape index (κ1) is 19.6. The summed E-state index contributed by atoms with van der Waals surface area (Å²) in [5.74, 6) is 2.60. The second-order valence-corrected chi connectivity index (χ2v) is 9.90. The van der Waals surface area contributed by atoms with Crippen molar-refractivity contribution in [2.75, 3.05) is 11.9 Å². The Morgan fingerprint density at radius 1 is 1.07 bits per heavy atom. The molecule has 4 aliphatic rings. The molecule has 4 nitrogen and oxygen atoms in total. The summed E-state index contributed by atoms with van der Waals surface area (Å²) >= 11 is 0. The van der Waals surface area contributed by atoms with Crippen molar-refractivity contribution < 1.29 is 9.53 Å². The SMILES string of the molecule is CCOC(=O)c1ccc(CC23CC4CC(CC(C4)C2)C3)c(NCc2ccncc2)c1. The third-order valence-corrected chi connectivity index (χ3v) is 7.58. The number of nitrogens with zero attached hydrogens (tertiary/aromatic N) is 1. The van der Waals surface area contributed by atoms with E-state index in [0.29, 0.717) is 17.6 Å². The highest BCUT2D eigenvalue weighted by atomic mass is 16.5. The Labute approximate surface area is 179 Å². The second kappa shape index (κ2) is 8.05. The normalized spacial score (nSPS) is 29.0. The van der Waals surface area contributed by atoms with Gasteiger partial charge in [-0.05, 0) is 110 Å². The number of esters is 1. The fourth-order valence-electron chi connectivity index (χ4n) is 6.85. The topological polar surface area (TPSA) is 51.2 Å². The number of hydrogen-bond acceptors (Lipinski definition) is 4. The Bertz CT molecular complexity index is 873. The maximum absolute atomic E-state index is 12.3. The number of aromatic nitrogens is 1. The smallest absolute Gasteiger partial charge is 0.338 e. The number of anilines is 1. The summed E-state index contributed by atoms with van der Waals surface area (Å²) in [5, 5.41) is 3.61. The molecule has 1 aromatic carbocycles. The van der Waals surface area contributed by atoms with E-state index >= 15 is 0 Å². The zero-order valence-electron chi connectivity index (χ0n) is 17.9. The van der Waals surface area contributed by atoms with E-state index in [4.69, 9.17) is 4.74 Å². The van der Waals surface area contributed by atoms with Gasteiger partial charge in [-0.25, -0.2) is 4.79 Å². The largest absolute Gasteiger partial charge is 0.462 e. The number of carbonyl (C=O) groups is 1. The third kappa shape index (κ3) is 3.97. The highest BCUT2D eigenvalue weighted by Gasteiger charge is 2.50. The molecule has 0 atom stereocenters. The first-order valence-corrected chi connectivity index (χ1v) is 11.6. The lowest BCUT2D eigenvalue weighted by atomic mass is 9.48. The number of nitrogens with one attached hydrogen (secondary N) is 1. The summed E-state index contributed by atoms with van der Waals surface area (Å²) in [6.45, 7) is 2.97. The average molecular weight is 405 g/mol. The maximum Gasteiger partial charge on any atom is 0.338 e. The van der Waals surface area contributed by atoms with Crippen LogP contribution in [0.15, 0.2) is 42.7 Å². The highest BCUT2D eigenvalue weighted by Crippen LogP contribution is 2.61. The van der Waals surface area contributed by atoms with Crippen LogP contribution >= 0.6 is 0 Å². The summed E-state index contributed by atoms with van der Waals surface area (Å²) < 4.78 is 5.24. The molecule has 158 valence electrons. The lowest BCUT2D eigenvalue weighted by Crippen LogP contribution is -2.47. The molecule has 4 heteroatoms. The molecule has 0 spiro atoms. The van der Waals surface area contributed by atoms with Gasteiger partial charge in [0, 0.05) is 24.6 Å². The van der Waals surface area contributed by atoms with Crippen LogP contribution in [0.3, 0.4) is 0 Å². The molecule has 1 heterocycles. The third-order valence-electron chi connectivity index (χ3n) is 7.58. The van der Waals surface area contributed by atoms with E-state index in [-0.39, 0.29) is 5.97 Å². The van der Waals surface area contributed by atoms with Crippen molar-refractivity contribution in [1.29, 1.82) is 0 Å². The van der Waals surface area contributed by atoms with Crippen molar-refractivity contribution in [3.05, 3.63) is 59.4 Å². The molecule has 0 aliphatic heterocycles. The van der Waals surface area contributed by atoms with Crippen LogP contribution in [0.1, 0.15) is 66.9 Å². The van der Waals surface area contributed by atoms with E-state index in [0.717, 1.165) is 36.4 Å². The van der Waals surface area contributed by atoms with Crippen molar-refractivity contribution in [3.63, 3.8) is 0 Å². The molecule has 0 radical (unpaired) electrons. The lowest BCUT2D eigenvalue weighted by Gasteiger charge is -2.57. The van der Waals surface area contributed by atoms with Gasteiger partial charge in [0.05, 0.1) is 12.2 Å². The van der Waals surface area contributed by atoms with E-state index in [2.05, 4.69) is 16.4 Å². The Kier molecular flexibility index (Phi) is 5.26. The minimum absolute atomic E-state index is 0.245. The van der Waals surface area contributed by atoms with Crippen LogP contribution < -0.4 is 5.32 Å². The van der Waals surface area contributed by atoms with Gasteiger partial charge in [0.2, 0.25) is 0 Å². The molecule has 4 fully saturated rings. The van der Waals surface area contributed by atoms with E-state index in [1.54, 1.807) is 0 Å². The molecule has 30 heavy (non-hydrogen) atoms. The second-order valence-electron chi connectivity index (χ2n) is 9.90. The number of carbonyl (C=O) groups excluding carboxylic acids is 1. The van der Waals surface area contributed by atoms with Crippen LogP contribution in [0.25, 0.3) is 0 Å². The molecule has 4 saturated carbocycles. The Morgan fingerprint density at radius 2 is 1.73 bits per heavy atom. The fraction of sp³-hybridized carbons (Fsp3) is 0.538. The van der Waals surface area contributed by atoms with Gasteiger partial charge in [0.15, 0.2) is 0 Å². The van der Waals surface area contributed by atoms with Crippen molar-refractivity contribution in [1.82, 2.24) is 4.98 Å². The number of rotatable bonds is 7. The van der Waals surface area contributed by atoms with Gasteiger partial charge < -0.3 is 10.1 Å². The van der Waals surface area contributed by atoms with Gasteiger partial charge in [0.1, 0.15) is 0 Å². The van der Waals surface area contributed by atoms with Crippen LogP contribution in [0.2, 0.25) is 0 Å². The number of ether oxygens (including phenoxy) is 1. The van der Waals surface area contributed by atoms with Gasteiger partial charge >= 0.3 is 5.97 Å². The maximum atomic E-state index is 12.3. The molecular formula is C26H32N2O2. The molecule has 0 saturated heterocycles. The van der Waals surface area contributed by atoms with Gasteiger partial charge in [-0.2, -0.15) is 0 Å². The first-order valence-electron chi connectivity index (χ1n) is 11.6. The van der Waals surface area contributed by atoms with Crippen molar-refractivity contribution in [3.8, 4) is 0 Å². The average Bonchev–Trinajstić information content (AvgIpc) is 2.72. The van der Waals surface area contributed by atoms with Crippen LogP contribution in [0.4, 0.5) is 5.69 Å². The van der Waals surface area contributed by atoms with E-state index in [1.165, 1.54) is 49.7 Å². The summed E-state index contributed by atoms with van der Waals surface area (Å²) in [5.41, 5.74) is 4.70. The molecule has 0 unspecified atom stereocenters. The standard InChI is InChI=1S/C26H32N2O2/c1-2-30-25(29)22-3-4-23(24(12-22)28-17-18-5-7-27-8-6-18)16-26-13-19-9-20(14-26)11-21(10-19)15-26/h3-8,12,19-21,28H,2,9-11,13-17H2,1H3. The van der Waals surface area contributed by atoms with Crippen LogP contribution in [0.5, 0.6) is 0 Å². The van der Waals surface area contributed by atoms with Gasteiger partial charge in [0.25, 0.3) is 0 Å². The van der Waals surface area contributed by atoms with Crippen LogP contribution in [-0.4, -0.2) is 17.6 Å². The lowest BCUT2D eigenvalue weighted by molar-refractivity contribution is -0.0521. The van der Waals surface area contributed by atoms with Crippen molar-refractivity contribution in [2.45, 2.75) is 58.4 Å². The summed E-state index contributed by atoms with van der Waals surface area (Å²) in [4.78, 5) is 16.4. The minimum atomic E-state index is -0.245. The van der Waals surface area contributed by atoms with Gasteiger partial charge in [-0.3, -0.25) is 4.98 Å². The van der Waals surface area contributed by atoms with E-state index < -0.39 is 0 Å². The molecule has 1 aromatic heterocycles. The summed E-state index contributed by atoms with van der Waals surface area (Å²) in [6.07, 6.45) is 13.3. The quantitative estimate of drug-likeness (QED) is 0.608. The minimum Gasteiger partial charge on any atom is -0.462 e. The van der Waals surface area contributed by atoms with Gasteiger partial charge in [-0.1, -0.05) is 6.07 Å². The predicted molar refractivity (Wildman–Crippen MR) is 118 cm³/mol. The van der Waals surface area contributed by atoms with Crippen LogP contribution in [0, 0.1) is 23.2 Å². The fourth-order valence-corrected chi connectivity index (χ4v) is 6.85. The zero-order chi connectivity index (χ0) is 20.6. The number of hydrogen-bond donors (Lipinski definition) is 1. The predicted octanol–water partition coefficient (Wildman–Crippen LogP) is 5.63. The Hall–Kier alpha value is -2.36. The first-order chi connectivity index (χ1) is 14.6. The molecule has 4 aliphatic carbocycles. The molecular weight excluding hydrogens is 372 g/mol. The van der Waals surface area contributed by atoms with Crippen molar-refractivity contribution >= 4 is 11.7 Å². The van der Waals surface area contributed by atoms with E-state index in [1.807, 2.05) is 43.6 Å². The van der Waals surface area contributed by atoms with E-state index in [9.17, 15) is 4.79 Å². The van der Waals surface area contributed by atoms with Crippen molar-refractivity contribution in [2.24, 2.45) is 23.2 Å². The molecule has 6 rings (SSSR count). The van der Waals surface area contributed by atoms with Crippen LogP contribution in [-0.2, 0) is 17.7 Å². The Balaban J connectivity index is 1.41. The molecule has 4 bridgehead atoms. The zero-order valence-corrected chi connectivity index (χ0v) is 17.9. The summed E-state index contributed by atoms with van der Waals surface area (Å²) in [6, 6.07) is 10.2. The molecule has 2 aromatic rings. The monoisotopic (exact) mass is 404 g/mol.